The van der Waals surface area contributed by atoms with Gasteiger partial charge in [0, 0.05) is 5.92 Å². The van der Waals surface area contributed by atoms with E-state index in [0.29, 0.717) is 12.8 Å². The van der Waals surface area contributed by atoms with Crippen molar-refractivity contribution in [2.75, 3.05) is 0 Å². The van der Waals surface area contributed by atoms with Crippen LogP contribution in [0, 0.1) is 11.8 Å². The lowest BCUT2D eigenvalue weighted by atomic mass is 9.82. The zero-order chi connectivity index (χ0) is 10.6. The molecule has 80 valence electrons. The largest absolute Gasteiger partial charge is 0.410 e. The zero-order valence-electron chi connectivity index (χ0n) is 7.45. The lowest BCUT2D eigenvalue weighted by molar-refractivity contribution is -0.139. The summed E-state index contributed by atoms with van der Waals surface area (Å²) in [5, 5.41) is 11.6. The highest BCUT2D eigenvalue weighted by molar-refractivity contribution is 6.65. The Balaban J connectivity index is 2.42. The van der Waals surface area contributed by atoms with E-state index < -0.39 is 0 Å². The summed E-state index contributed by atoms with van der Waals surface area (Å²) in [5.41, 5.74) is 0. The van der Waals surface area contributed by atoms with Crippen LogP contribution in [0.4, 0.5) is 0 Å². The topological polar surface area (TPSA) is 58.9 Å². The maximum atomic E-state index is 11.0. The minimum atomic E-state index is -0.387. The van der Waals surface area contributed by atoms with Crippen molar-refractivity contribution in [1.29, 1.82) is 0 Å². The van der Waals surface area contributed by atoms with Crippen LogP contribution in [0.15, 0.2) is 5.16 Å². The number of rotatable bonds is 2. The Morgan fingerprint density at radius 2 is 1.79 bits per heavy atom. The van der Waals surface area contributed by atoms with E-state index in [-0.39, 0.29) is 23.0 Å². The maximum Gasteiger partial charge on any atom is 0.327 e. The Morgan fingerprint density at radius 1 is 1.29 bits per heavy atom. The average Bonchev–Trinajstić information content (AvgIpc) is 2.27. The Bertz CT molecular complexity index is 237. The van der Waals surface area contributed by atoms with E-state index in [9.17, 15) is 4.79 Å². The Hall–Kier alpha value is -0.480. The quantitative estimate of drug-likeness (QED) is 0.458. The molecule has 0 saturated heterocycles. The predicted molar refractivity (Wildman–Crippen MR) is 52.5 cm³/mol. The van der Waals surface area contributed by atoms with E-state index in [0.717, 1.165) is 12.8 Å². The van der Waals surface area contributed by atoms with Crippen molar-refractivity contribution in [1.82, 2.24) is 0 Å². The van der Waals surface area contributed by atoms with Gasteiger partial charge in [-0.05, 0) is 25.7 Å². The summed E-state index contributed by atoms with van der Waals surface area (Å²) < 4.78 is 4.13. The third-order valence-corrected chi connectivity index (χ3v) is 3.11. The highest BCUT2D eigenvalue weighted by Crippen LogP contribution is 2.31. The molecule has 1 N–H and O–H groups in total. The molecular weight excluding hydrogens is 229 g/mol. The molecule has 0 amide bonds. The van der Waals surface area contributed by atoms with Crippen LogP contribution >= 0.6 is 23.5 Å². The third kappa shape index (κ3) is 2.75. The monoisotopic (exact) mass is 239 g/mol. The minimum Gasteiger partial charge on any atom is -0.410 e. The average molecular weight is 240 g/mol. The zero-order valence-corrected chi connectivity index (χ0v) is 8.96. The number of nitrogens with zero attached hydrogens (tertiary/aromatic N) is 1. The maximum absolute atomic E-state index is 11.0. The number of oxime groups is 1. The summed E-state index contributed by atoms with van der Waals surface area (Å²) in [4.78, 5) is 11.0. The molecule has 4 nitrogen and oxygen atoms in total. The molecule has 0 heterocycles. The summed E-state index contributed by atoms with van der Waals surface area (Å²) in [6.45, 7) is 0. The van der Waals surface area contributed by atoms with Crippen LogP contribution in [-0.2, 0) is 9.08 Å². The fourth-order valence-electron chi connectivity index (χ4n) is 1.71. The number of hydrogen-bond donors (Lipinski definition) is 1. The molecule has 0 unspecified atom stereocenters. The summed E-state index contributed by atoms with van der Waals surface area (Å²) in [6.07, 6.45) is 2.78. The first-order valence-electron chi connectivity index (χ1n) is 4.39. The Kier molecular flexibility index (Phi) is 4.48. The first-order valence-corrected chi connectivity index (χ1v) is 5.07. The number of carbonyl (C=O) groups excluding carboxylic acids is 1. The SMILES string of the molecule is O=C(OCl)C1CCC(/C(Cl)=N/O)CC1. The lowest BCUT2D eigenvalue weighted by Gasteiger charge is -2.24. The molecule has 0 radical (unpaired) electrons. The van der Waals surface area contributed by atoms with Crippen molar-refractivity contribution in [3.63, 3.8) is 0 Å². The molecular formula is C8H11Cl2NO3. The van der Waals surface area contributed by atoms with Gasteiger partial charge in [-0.1, -0.05) is 16.8 Å². The van der Waals surface area contributed by atoms with Gasteiger partial charge in [0.15, 0.2) is 0 Å². The number of halogens is 2. The van der Waals surface area contributed by atoms with Gasteiger partial charge in [0.25, 0.3) is 0 Å². The first kappa shape index (κ1) is 11.6. The highest BCUT2D eigenvalue weighted by atomic mass is 35.5. The molecule has 1 fully saturated rings. The van der Waals surface area contributed by atoms with E-state index in [4.69, 9.17) is 28.7 Å². The molecule has 1 saturated carbocycles. The Labute approximate surface area is 92.0 Å². The summed E-state index contributed by atoms with van der Waals surface area (Å²) >= 11 is 10.6. The third-order valence-electron chi connectivity index (χ3n) is 2.57. The molecule has 0 aliphatic heterocycles. The van der Waals surface area contributed by atoms with Gasteiger partial charge in [0.2, 0.25) is 0 Å². The van der Waals surface area contributed by atoms with Crippen LogP contribution in [0.1, 0.15) is 25.7 Å². The minimum absolute atomic E-state index is 0.0565. The molecule has 1 rings (SSSR count). The van der Waals surface area contributed by atoms with Gasteiger partial charge in [-0.25, -0.2) is 0 Å². The molecule has 14 heavy (non-hydrogen) atoms. The van der Waals surface area contributed by atoms with Crippen LogP contribution in [0.3, 0.4) is 0 Å². The molecule has 0 spiro atoms. The van der Waals surface area contributed by atoms with E-state index in [2.05, 4.69) is 9.45 Å². The van der Waals surface area contributed by atoms with Crippen LogP contribution in [0.5, 0.6) is 0 Å². The second-order valence-corrected chi connectivity index (χ2v) is 3.91. The van der Waals surface area contributed by atoms with E-state index >= 15 is 0 Å². The van der Waals surface area contributed by atoms with Crippen LogP contribution < -0.4 is 0 Å². The summed E-state index contributed by atoms with van der Waals surface area (Å²) in [6, 6.07) is 0. The second-order valence-electron chi connectivity index (χ2n) is 3.37. The fraction of sp³-hybridized carbons (Fsp3) is 0.750. The van der Waals surface area contributed by atoms with Gasteiger partial charge in [0.1, 0.15) is 17.0 Å². The predicted octanol–water partition coefficient (Wildman–Crippen LogP) is 2.52. The lowest BCUT2D eigenvalue weighted by Crippen LogP contribution is -2.24. The first-order chi connectivity index (χ1) is 6.69. The van der Waals surface area contributed by atoms with E-state index in [1.54, 1.807) is 0 Å². The second kappa shape index (κ2) is 5.41. The molecule has 1 aliphatic carbocycles. The van der Waals surface area contributed by atoms with Gasteiger partial charge < -0.3 is 9.50 Å². The highest BCUT2D eigenvalue weighted by Gasteiger charge is 2.29. The van der Waals surface area contributed by atoms with Gasteiger partial charge in [-0.3, -0.25) is 4.79 Å². The van der Waals surface area contributed by atoms with Gasteiger partial charge in [-0.2, -0.15) is 0 Å². The van der Waals surface area contributed by atoms with Crippen molar-refractivity contribution in [2.45, 2.75) is 25.7 Å². The van der Waals surface area contributed by atoms with Crippen LogP contribution in [0.25, 0.3) is 0 Å². The summed E-state index contributed by atoms with van der Waals surface area (Å²) in [5.74, 6) is -0.477. The molecule has 6 heteroatoms. The van der Waals surface area contributed by atoms with E-state index in [1.165, 1.54) is 0 Å². The molecule has 0 aromatic carbocycles. The van der Waals surface area contributed by atoms with Gasteiger partial charge >= 0.3 is 5.97 Å². The number of carbonyl (C=O) groups is 1. The Morgan fingerprint density at radius 3 is 2.21 bits per heavy atom. The van der Waals surface area contributed by atoms with Crippen LogP contribution in [-0.4, -0.2) is 16.3 Å². The standard InChI is InChI=1S/C8H11Cl2NO3/c9-7(11-13)5-1-3-6(4-2-5)8(12)14-10/h5-6,13H,1-4H2/b11-7-. The van der Waals surface area contributed by atoms with Gasteiger partial charge in [0.05, 0.1) is 5.92 Å². The molecule has 0 bridgehead atoms. The van der Waals surface area contributed by atoms with Crippen molar-refractivity contribution in [2.24, 2.45) is 17.0 Å². The molecule has 0 atom stereocenters. The van der Waals surface area contributed by atoms with Crippen molar-refractivity contribution >= 4 is 34.6 Å². The smallest absolute Gasteiger partial charge is 0.327 e. The van der Waals surface area contributed by atoms with Crippen molar-refractivity contribution in [3.05, 3.63) is 0 Å². The summed E-state index contributed by atoms with van der Waals surface area (Å²) in [7, 11) is 0. The fourth-order valence-corrected chi connectivity index (χ4v) is 2.06. The molecule has 0 aromatic rings. The van der Waals surface area contributed by atoms with Crippen molar-refractivity contribution < 1.29 is 14.3 Å². The van der Waals surface area contributed by atoms with Crippen molar-refractivity contribution in [3.8, 4) is 0 Å². The molecule has 0 aromatic heterocycles. The van der Waals surface area contributed by atoms with Gasteiger partial charge in [-0.15, -0.1) is 0 Å². The normalized spacial score (nSPS) is 28.6. The van der Waals surface area contributed by atoms with Crippen LogP contribution in [0.2, 0.25) is 0 Å². The number of hydrogen-bond acceptors (Lipinski definition) is 4. The van der Waals surface area contributed by atoms with E-state index in [1.807, 2.05) is 0 Å². The molecule has 1 aliphatic rings.